The summed E-state index contributed by atoms with van der Waals surface area (Å²) in [5.41, 5.74) is 0. The maximum absolute atomic E-state index is 15.4. The Balaban J connectivity index is 2.99. The van der Waals surface area contributed by atoms with Gasteiger partial charge in [0, 0.05) is 106 Å². The van der Waals surface area contributed by atoms with E-state index in [1.807, 2.05) is 62.3 Å². The van der Waals surface area contributed by atoms with Crippen molar-refractivity contribution in [1.82, 2.24) is 44.5 Å². The lowest BCUT2D eigenvalue weighted by atomic mass is 9.84. The van der Waals surface area contributed by atoms with Gasteiger partial charge in [-0.1, -0.05) is 104 Å². The molecule has 2 rings (SSSR count). The van der Waals surface area contributed by atoms with E-state index in [1.54, 1.807) is 48.5 Å². The van der Waals surface area contributed by atoms with E-state index in [2.05, 4.69) is 10.2 Å². The third-order valence-corrected chi connectivity index (χ3v) is 18.9. The first-order chi connectivity index (χ1) is 41.7. The molecule has 22 heteroatoms. The number of aliphatic hydroxyl groups excluding tert-OH is 1. The zero-order chi connectivity index (χ0) is 69.3. The highest BCUT2D eigenvalue weighted by Crippen LogP contribution is 2.30. The Kier molecular flexibility index (Phi) is 33.0. The molecule has 0 bridgehead atoms. The lowest BCUT2D eigenvalue weighted by Gasteiger charge is -2.42. The summed E-state index contributed by atoms with van der Waals surface area (Å²) < 4.78 is 5.67. The van der Waals surface area contributed by atoms with Crippen LogP contribution < -0.4 is 5.32 Å². The van der Waals surface area contributed by atoms with Crippen molar-refractivity contribution in [2.45, 2.75) is 230 Å². The van der Waals surface area contributed by atoms with Gasteiger partial charge in [-0.25, -0.2) is 0 Å². The molecule has 2 N–H and O–H groups in total. The Bertz CT molecular complexity index is 2430. The van der Waals surface area contributed by atoms with Gasteiger partial charge in [-0.2, -0.15) is 0 Å². The maximum atomic E-state index is 15.4. The van der Waals surface area contributed by atoms with Gasteiger partial charge >= 0.3 is 0 Å². The van der Waals surface area contributed by atoms with Gasteiger partial charge in [0.2, 0.25) is 47.3 Å². The summed E-state index contributed by atoms with van der Waals surface area (Å²) in [6.45, 7) is 33.4. The minimum Gasteiger partial charge on any atom is -0.390 e. The number of carbonyl (C=O) groups excluding carboxylic acids is 11. The number of hydrogen-bond acceptors (Lipinski definition) is 14. The van der Waals surface area contributed by atoms with Gasteiger partial charge in [-0.3, -0.25) is 52.7 Å². The van der Waals surface area contributed by atoms with Crippen LogP contribution in [0.5, 0.6) is 0 Å². The molecular weight excluding hydrogens is 1150 g/mol. The standard InChI is InChI=1S/C68H121N9O13/c1-25-49-37-56(80)59(60(81)45(14)27-29-77-28-26-31-90-32-30-77)76(24)68(89)58(44(12)13)75(23)66(87)53(35-41(6)7)73(21)67(88)57(43(10)11)74(22)62(83)47(16)69-61(82)46(15)36-54(78)51(33-39(2)3)72(20)65(86)50(42(8)9)38-55(79)52(34-40(4)5)71(19)63(84)48(17)70(18)64(49)85/h39-53,57-60,81H,25-38H2,1-24H3,(H,69,82)/t45-,46+,47+,48-,49+,50-,51-,52+,53-,57?,58-,59+,60-/m1/s1. The van der Waals surface area contributed by atoms with Gasteiger partial charge in [0.25, 0.3) is 0 Å². The molecule has 0 aliphatic carbocycles. The van der Waals surface area contributed by atoms with Gasteiger partial charge in [-0.15, -0.1) is 0 Å². The molecule has 0 aromatic heterocycles. The van der Waals surface area contributed by atoms with Crippen molar-refractivity contribution < 1.29 is 62.6 Å². The van der Waals surface area contributed by atoms with Crippen molar-refractivity contribution in [3.63, 3.8) is 0 Å². The first-order valence-corrected chi connectivity index (χ1v) is 33.4. The maximum Gasteiger partial charge on any atom is 0.246 e. The fraction of sp³-hybridized carbons (Fsp3) is 0.838. The molecule has 516 valence electrons. The van der Waals surface area contributed by atoms with Gasteiger partial charge < -0.3 is 54.4 Å². The van der Waals surface area contributed by atoms with Crippen molar-refractivity contribution in [1.29, 1.82) is 0 Å². The van der Waals surface area contributed by atoms with Gasteiger partial charge in [0.05, 0.1) is 24.8 Å². The summed E-state index contributed by atoms with van der Waals surface area (Å²) in [5, 5.41) is 15.3. The van der Waals surface area contributed by atoms with Crippen molar-refractivity contribution in [3.05, 3.63) is 0 Å². The van der Waals surface area contributed by atoms with Crippen molar-refractivity contribution in [2.24, 2.45) is 59.2 Å². The molecule has 2 fully saturated rings. The molecule has 0 radical (unpaired) electrons. The Hall–Kier alpha value is -5.35. The highest BCUT2D eigenvalue weighted by Gasteiger charge is 2.46. The van der Waals surface area contributed by atoms with Crippen molar-refractivity contribution >= 4 is 64.6 Å². The van der Waals surface area contributed by atoms with Crippen molar-refractivity contribution in [2.75, 3.05) is 82.2 Å². The Morgan fingerprint density at radius 3 is 1.42 bits per heavy atom. The molecular formula is C68H121N9O13. The molecule has 22 nitrogen and oxygen atoms in total. The van der Waals surface area contributed by atoms with E-state index < -0.39 is 155 Å². The molecule has 2 aliphatic rings. The lowest BCUT2D eigenvalue weighted by Crippen LogP contribution is -2.62. The van der Waals surface area contributed by atoms with Gasteiger partial charge in [0.1, 0.15) is 36.3 Å². The van der Waals surface area contributed by atoms with Crippen molar-refractivity contribution in [3.8, 4) is 0 Å². The third-order valence-electron chi connectivity index (χ3n) is 18.9. The minimum absolute atomic E-state index is 0.0699. The number of carbonyl (C=O) groups is 11. The van der Waals surface area contributed by atoms with Crippen LogP contribution in [0.25, 0.3) is 0 Å². The molecule has 2 heterocycles. The van der Waals surface area contributed by atoms with Gasteiger partial charge in [0.15, 0.2) is 17.3 Å². The number of hydrogen-bond donors (Lipinski definition) is 2. The number of aliphatic hydroxyl groups is 1. The van der Waals surface area contributed by atoms with Gasteiger partial charge in [-0.05, 0) is 100 Å². The summed E-state index contributed by atoms with van der Waals surface area (Å²) in [4.78, 5) is 174. The second-order valence-corrected chi connectivity index (χ2v) is 28.7. The molecule has 2 saturated heterocycles. The molecule has 0 aromatic carbocycles. The Labute approximate surface area is 540 Å². The predicted molar refractivity (Wildman–Crippen MR) is 349 cm³/mol. The van der Waals surface area contributed by atoms with Crippen LogP contribution in [0.15, 0.2) is 0 Å². The fourth-order valence-electron chi connectivity index (χ4n) is 12.8. The number of ether oxygens (including phenoxy) is 1. The molecule has 13 atom stereocenters. The normalized spacial score (nSPS) is 28.5. The summed E-state index contributed by atoms with van der Waals surface area (Å²) >= 11 is 0. The largest absolute Gasteiger partial charge is 0.390 e. The lowest BCUT2D eigenvalue weighted by molar-refractivity contribution is -0.157. The van der Waals surface area contributed by atoms with Crippen LogP contribution in [0.4, 0.5) is 0 Å². The smallest absolute Gasteiger partial charge is 0.246 e. The molecule has 0 saturated carbocycles. The monoisotopic (exact) mass is 1270 g/mol. The number of Topliss-reactive ketones (excluding diaryl/α,β-unsaturated/α-hetero) is 3. The van der Waals surface area contributed by atoms with E-state index in [0.29, 0.717) is 32.7 Å². The number of nitrogens with zero attached hydrogens (tertiary/aromatic N) is 8. The van der Waals surface area contributed by atoms with Crippen LogP contribution in [0.1, 0.15) is 175 Å². The van der Waals surface area contributed by atoms with E-state index in [9.17, 15) is 43.5 Å². The zero-order valence-electron chi connectivity index (χ0n) is 59.8. The molecule has 0 spiro atoms. The molecule has 0 aromatic rings. The summed E-state index contributed by atoms with van der Waals surface area (Å²) in [7, 11) is 10.3. The van der Waals surface area contributed by atoms with Crippen LogP contribution in [-0.2, 0) is 57.5 Å². The second kappa shape index (κ2) is 36.8. The molecule has 8 amide bonds. The van der Waals surface area contributed by atoms with Crippen LogP contribution >= 0.6 is 0 Å². The number of amides is 8. The number of ketones is 3. The fourth-order valence-corrected chi connectivity index (χ4v) is 12.8. The summed E-state index contributed by atoms with van der Waals surface area (Å²) in [5.74, 6) is -11.2. The van der Waals surface area contributed by atoms with Crippen LogP contribution in [-0.4, -0.2) is 246 Å². The predicted octanol–water partition coefficient (Wildman–Crippen LogP) is 5.69. The van der Waals surface area contributed by atoms with E-state index in [-0.39, 0.29) is 68.0 Å². The Morgan fingerprint density at radius 2 is 0.933 bits per heavy atom. The number of rotatable bonds is 15. The van der Waals surface area contributed by atoms with E-state index in [4.69, 9.17) is 4.74 Å². The first-order valence-electron chi connectivity index (χ1n) is 33.4. The summed E-state index contributed by atoms with van der Waals surface area (Å²) in [6, 6.07) is -9.33. The highest BCUT2D eigenvalue weighted by atomic mass is 16.5. The number of nitrogens with one attached hydrogen (secondary N) is 1. The average Bonchev–Trinajstić information content (AvgIpc) is 1.47. The summed E-state index contributed by atoms with van der Waals surface area (Å²) in [6.07, 6.45) is -0.363. The van der Waals surface area contributed by atoms with Crippen LogP contribution in [0, 0.1) is 59.2 Å². The van der Waals surface area contributed by atoms with E-state index in [0.717, 1.165) is 13.0 Å². The topological polar surface area (TPSA) is 255 Å². The van der Waals surface area contributed by atoms with Crippen LogP contribution in [0.2, 0.25) is 0 Å². The zero-order valence-corrected chi connectivity index (χ0v) is 59.8. The molecule has 1 unspecified atom stereocenters. The molecule has 90 heavy (non-hydrogen) atoms. The first kappa shape index (κ1) is 80.7. The van der Waals surface area contributed by atoms with Crippen LogP contribution in [0.3, 0.4) is 0 Å². The molecule has 2 aliphatic heterocycles. The third kappa shape index (κ3) is 21.9. The Morgan fingerprint density at radius 1 is 0.478 bits per heavy atom. The second-order valence-electron chi connectivity index (χ2n) is 28.7. The van der Waals surface area contributed by atoms with E-state index in [1.165, 1.54) is 90.6 Å². The minimum atomic E-state index is -1.50. The number of likely N-dealkylation sites (N-methyl/N-ethyl adjacent to an activating group) is 7. The van der Waals surface area contributed by atoms with E-state index >= 15 is 14.4 Å². The highest BCUT2D eigenvalue weighted by molar-refractivity contribution is 6.00. The quantitative estimate of drug-likeness (QED) is 0.200. The average molecular weight is 1270 g/mol. The SMILES string of the molecule is CC[C@H]1CC(=O)[C@@H]([C@H](O)[C@H](C)CCN2CCCOCC2)N(C)C(=O)[C@@H](C(C)C)N(C)C(=O)[C@@H](CC(C)C)N(C)C(=O)C(C(C)C)N(C)C(=O)[C@H](C)NC(=O)[C@@H](C)CC(=O)[C@@H](CC(C)C)N(C)C(=O)[C@@H](C(C)C)CC(=O)[C@H](CC(C)C)N(C)C(=O)[C@@H](C)N(C)C1=O.